The summed E-state index contributed by atoms with van der Waals surface area (Å²) in [7, 11) is -3.76. The number of thiophene rings is 1. The number of rotatable bonds is 7. The fourth-order valence-corrected chi connectivity index (χ4v) is 6.77. The molecule has 3 aromatic rings. The van der Waals surface area contributed by atoms with Crippen molar-refractivity contribution in [2.45, 2.75) is 23.6 Å². The lowest BCUT2D eigenvalue weighted by Crippen LogP contribution is -2.40. The van der Waals surface area contributed by atoms with E-state index in [9.17, 15) is 26.8 Å². The Morgan fingerprint density at radius 1 is 1.00 bits per heavy atom. The maximum atomic E-state index is 14.0. The summed E-state index contributed by atoms with van der Waals surface area (Å²) in [5, 5.41) is 2.77. The van der Waals surface area contributed by atoms with Gasteiger partial charge in [-0.25, -0.2) is 17.2 Å². The van der Waals surface area contributed by atoms with E-state index in [1.807, 2.05) is 6.07 Å². The molecule has 4 rings (SSSR count). The minimum absolute atomic E-state index is 0.125. The van der Waals surface area contributed by atoms with Crippen LogP contribution in [-0.2, 0) is 16.6 Å². The molecule has 0 bridgehead atoms. The van der Waals surface area contributed by atoms with Crippen LogP contribution in [0, 0.1) is 17.6 Å². The Morgan fingerprint density at radius 2 is 1.71 bits per heavy atom. The van der Waals surface area contributed by atoms with Crippen LogP contribution in [0.5, 0.6) is 0 Å². The minimum Gasteiger partial charge on any atom is -0.347 e. The lowest BCUT2D eigenvalue weighted by molar-refractivity contribution is 0.0870. The highest BCUT2D eigenvalue weighted by Crippen LogP contribution is 2.30. The van der Waals surface area contributed by atoms with Gasteiger partial charge in [-0.2, -0.15) is 4.31 Å². The number of ketones is 1. The predicted molar refractivity (Wildman–Crippen MR) is 124 cm³/mol. The van der Waals surface area contributed by atoms with Crippen LogP contribution in [0.3, 0.4) is 0 Å². The number of benzene rings is 2. The van der Waals surface area contributed by atoms with E-state index in [1.54, 1.807) is 30.3 Å². The normalized spacial score (nSPS) is 15.2. The first-order chi connectivity index (χ1) is 16.3. The first-order valence-electron chi connectivity index (χ1n) is 10.7. The highest BCUT2D eigenvalue weighted by Gasteiger charge is 2.34. The zero-order valence-electron chi connectivity index (χ0n) is 18.0. The van der Waals surface area contributed by atoms with Gasteiger partial charge in [0.1, 0.15) is 15.8 Å². The number of carbonyl (C=O) groups is 2. The molecule has 0 unspecified atom stereocenters. The highest BCUT2D eigenvalue weighted by molar-refractivity contribution is 7.91. The Labute approximate surface area is 200 Å². The molecule has 6 nitrogen and oxygen atoms in total. The van der Waals surface area contributed by atoms with Gasteiger partial charge < -0.3 is 5.32 Å². The van der Waals surface area contributed by atoms with E-state index in [0.29, 0.717) is 16.5 Å². The lowest BCUT2D eigenvalue weighted by Gasteiger charge is -2.30. The van der Waals surface area contributed by atoms with Crippen molar-refractivity contribution in [3.8, 4) is 0 Å². The standard InChI is InChI=1S/C24H22F2N2O4S2/c25-18-6-8-20(21(26)14-18)23(29)16-10-12-28(13-11-16)34(31,32)22-9-7-19(33-22)15-27-24(30)17-4-2-1-3-5-17/h1-9,14,16H,10-13,15H2,(H,27,30). The summed E-state index contributed by atoms with van der Waals surface area (Å²) in [6.07, 6.45) is 0.500. The minimum atomic E-state index is -3.76. The Morgan fingerprint density at radius 3 is 2.38 bits per heavy atom. The van der Waals surface area contributed by atoms with Crippen molar-refractivity contribution >= 4 is 33.1 Å². The second-order valence-corrected chi connectivity index (χ2v) is 11.3. The molecule has 1 aromatic heterocycles. The van der Waals surface area contributed by atoms with Gasteiger partial charge >= 0.3 is 0 Å². The number of hydrogen-bond acceptors (Lipinski definition) is 5. The topological polar surface area (TPSA) is 83.6 Å². The second-order valence-electron chi connectivity index (χ2n) is 7.94. The van der Waals surface area contributed by atoms with Gasteiger partial charge in [-0.05, 0) is 49.2 Å². The molecular formula is C24H22F2N2O4S2. The molecule has 1 saturated heterocycles. The van der Waals surface area contributed by atoms with Crippen molar-refractivity contribution in [3.05, 3.63) is 88.3 Å². The second kappa shape index (κ2) is 10.1. The molecule has 1 amide bonds. The average molecular weight is 505 g/mol. The molecule has 0 radical (unpaired) electrons. The van der Waals surface area contributed by atoms with E-state index in [2.05, 4.69) is 5.32 Å². The van der Waals surface area contributed by atoms with Crippen LogP contribution in [0.4, 0.5) is 8.78 Å². The number of amides is 1. The molecule has 1 aliphatic rings. The summed E-state index contributed by atoms with van der Waals surface area (Å²) < 4.78 is 54.7. The Hall–Kier alpha value is -2.95. The lowest BCUT2D eigenvalue weighted by atomic mass is 9.89. The summed E-state index contributed by atoms with van der Waals surface area (Å²) >= 11 is 1.08. The zero-order chi connectivity index (χ0) is 24.3. The number of piperidine rings is 1. The van der Waals surface area contributed by atoms with Crippen LogP contribution in [0.1, 0.15) is 38.4 Å². The largest absolute Gasteiger partial charge is 0.347 e. The van der Waals surface area contributed by atoms with Crippen molar-refractivity contribution in [2.24, 2.45) is 5.92 Å². The van der Waals surface area contributed by atoms with Crippen LogP contribution < -0.4 is 5.32 Å². The average Bonchev–Trinajstić information content (AvgIpc) is 3.33. The van der Waals surface area contributed by atoms with Crippen molar-refractivity contribution in [2.75, 3.05) is 13.1 Å². The summed E-state index contributed by atoms with van der Waals surface area (Å²) in [5.41, 5.74) is 0.341. The Bertz CT molecular complexity index is 1300. The number of hydrogen-bond donors (Lipinski definition) is 1. The number of Topliss-reactive ketones (excluding diaryl/α,β-unsaturated/α-hetero) is 1. The van der Waals surface area contributed by atoms with Crippen LogP contribution in [0.25, 0.3) is 0 Å². The zero-order valence-corrected chi connectivity index (χ0v) is 19.7. The SMILES string of the molecule is O=C(NCc1ccc(S(=O)(=O)N2CCC(C(=O)c3ccc(F)cc3F)CC2)s1)c1ccccc1. The van der Waals surface area contributed by atoms with Gasteiger partial charge in [0.05, 0.1) is 12.1 Å². The summed E-state index contributed by atoms with van der Waals surface area (Å²) in [4.78, 5) is 25.5. The molecule has 0 aliphatic carbocycles. The van der Waals surface area contributed by atoms with Crippen LogP contribution in [0.15, 0.2) is 64.9 Å². The van der Waals surface area contributed by atoms with E-state index < -0.39 is 33.4 Å². The van der Waals surface area contributed by atoms with Gasteiger partial charge in [-0.15, -0.1) is 11.3 Å². The third-order valence-corrected chi connectivity index (χ3v) is 9.16. The van der Waals surface area contributed by atoms with Gasteiger partial charge in [0.25, 0.3) is 15.9 Å². The number of sulfonamides is 1. The quantitative estimate of drug-likeness (QED) is 0.488. The third kappa shape index (κ3) is 5.24. The fourth-order valence-electron chi connectivity index (χ4n) is 3.85. The van der Waals surface area contributed by atoms with Crippen molar-refractivity contribution < 1.29 is 26.8 Å². The summed E-state index contributed by atoms with van der Waals surface area (Å²) in [6, 6.07) is 14.7. The van der Waals surface area contributed by atoms with E-state index in [0.717, 1.165) is 23.5 Å². The monoisotopic (exact) mass is 504 g/mol. The van der Waals surface area contributed by atoms with Gasteiger partial charge in [0, 0.05) is 35.5 Å². The molecule has 0 saturated carbocycles. The molecule has 1 fully saturated rings. The molecule has 2 aromatic carbocycles. The van der Waals surface area contributed by atoms with E-state index in [-0.39, 0.29) is 48.2 Å². The molecule has 0 spiro atoms. The van der Waals surface area contributed by atoms with Crippen LogP contribution >= 0.6 is 11.3 Å². The van der Waals surface area contributed by atoms with Crippen molar-refractivity contribution in [3.63, 3.8) is 0 Å². The number of nitrogens with zero attached hydrogens (tertiary/aromatic N) is 1. The molecule has 0 atom stereocenters. The number of nitrogens with one attached hydrogen (secondary N) is 1. The smallest absolute Gasteiger partial charge is 0.252 e. The van der Waals surface area contributed by atoms with E-state index >= 15 is 0 Å². The summed E-state index contributed by atoms with van der Waals surface area (Å²) in [6.45, 7) is 0.451. The van der Waals surface area contributed by atoms with Crippen molar-refractivity contribution in [1.82, 2.24) is 9.62 Å². The first kappa shape index (κ1) is 24.2. The maximum Gasteiger partial charge on any atom is 0.252 e. The van der Waals surface area contributed by atoms with E-state index in [4.69, 9.17) is 0 Å². The van der Waals surface area contributed by atoms with Gasteiger partial charge in [0.2, 0.25) is 0 Å². The summed E-state index contributed by atoms with van der Waals surface area (Å²) in [5.74, 6) is -2.89. The first-order valence-corrected chi connectivity index (χ1v) is 12.9. The number of carbonyl (C=O) groups excluding carboxylic acids is 2. The van der Waals surface area contributed by atoms with E-state index in [1.165, 1.54) is 10.4 Å². The maximum absolute atomic E-state index is 14.0. The van der Waals surface area contributed by atoms with Crippen LogP contribution in [-0.4, -0.2) is 37.5 Å². The fraction of sp³-hybridized carbons (Fsp3) is 0.250. The molecule has 10 heteroatoms. The van der Waals surface area contributed by atoms with Gasteiger partial charge in [0.15, 0.2) is 5.78 Å². The predicted octanol–water partition coefficient (Wildman–Crippen LogP) is 4.24. The molecule has 1 N–H and O–H groups in total. The van der Waals surface area contributed by atoms with Gasteiger partial charge in [-0.3, -0.25) is 9.59 Å². The highest BCUT2D eigenvalue weighted by atomic mass is 32.2. The number of halogens is 2. The molecule has 178 valence electrons. The van der Waals surface area contributed by atoms with Crippen LogP contribution in [0.2, 0.25) is 0 Å². The van der Waals surface area contributed by atoms with Crippen molar-refractivity contribution in [1.29, 1.82) is 0 Å². The van der Waals surface area contributed by atoms with Gasteiger partial charge in [-0.1, -0.05) is 18.2 Å². The molecule has 1 aliphatic heterocycles. The molecule has 34 heavy (non-hydrogen) atoms. The molecular weight excluding hydrogens is 482 g/mol. The third-order valence-electron chi connectivity index (χ3n) is 5.71. The Kier molecular flexibility index (Phi) is 7.20. The Balaban J connectivity index is 1.36. The molecule has 2 heterocycles.